The molecule has 0 fully saturated rings. The number of halogens is 1. The molecular weight excluding hydrogens is 257 g/mol. The quantitative estimate of drug-likeness (QED) is 0.795. The first-order chi connectivity index (χ1) is 9.70. The second-order valence-corrected chi connectivity index (χ2v) is 4.43. The van der Waals surface area contributed by atoms with Crippen LogP contribution >= 0.6 is 0 Å². The SMILES string of the molecule is CCCOc1cc(NCc2cccnc2)c(N)cc1F. The number of nitrogens with zero attached hydrogens (tertiary/aromatic N) is 1. The van der Waals surface area contributed by atoms with Gasteiger partial charge in [0.2, 0.25) is 0 Å². The van der Waals surface area contributed by atoms with Crippen LogP contribution in [0.25, 0.3) is 0 Å². The predicted molar refractivity (Wildman–Crippen MR) is 78.2 cm³/mol. The maximum absolute atomic E-state index is 13.7. The maximum atomic E-state index is 13.7. The third-order valence-electron chi connectivity index (χ3n) is 2.77. The average Bonchev–Trinajstić information content (AvgIpc) is 2.46. The molecular formula is C15H18FN3O. The fourth-order valence-corrected chi connectivity index (χ4v) is 1.74. The highest BCUT2D eigenvalue weighted by Gasteiger charge is 2.09. The Morgan fingerprint density at radius 1 is 1.40 bits per heavy atom. The van der Waals surface area contributed by atoms with Gasteiger partial charge in [0.15, 0.2) is 11.6 Å². The molecule has 0 spiro atoms. The number of nitrogens with one attached hydrogen (secondary N) is 1. The first kappa shape index (κ1) is 14.1. The molecule has 0 aliphatic rings. The van der Waals surface area contributed by atoms with Gasteiger partial charge in [0.1, 0.15) is 0 Å². The van der Waals surface area contributed by atoms with E-state index >= 15 is 0 Å². The second-order valence-electron chi connectivity index (χ2n) is 4.43. The lowest BCUT2D eigenvalue weighted by atomic mass is 10.2. The van der Waals surface area contributed by atoms with Gasteiger partial charge in [-0.1, -0.05) is 13.0 Å². The third kappa shape index (κ3) is 3.60. The lowest BCUT2D eigenvalue weighted by Gasteiger charge is -2.13. The van der Waals surface area contributed by atoms with E-state index in [1.165, 1.54) is 6.07 Å². The fraction of sp³-hybridized carbons (Fsp3) is 0.267. The number of ether oxygens (including phenoxy) is 1. The summed E-state index contributed by atoms with van der Waals surface area (Å²) in [5.74, 6) is -0.224. The minimum absolute atomic E-state index is 0.217. The molecule has 4 nitrogen and oxygen atoms in total. The standard InChI is InChI=1S/C15H18FN3O/c1-2-6-20-15-8-14(13(17)7-12(15)16)19-10-11-4-3-5-18-9-11/h3-5,7-9,19H,2,6,10,17H2,1H3. The molecule has 2 aromatic rings. The molecule has 0 atom stereocenters. The van der Waals surface area contributed by atoms with Crippen LogP contribution in [0.3, 0.4) is 0 Å². The van der Waals surface area contributed by atoms with Crippen LogP contribution in [-0.2, 0) is 6.54 Å². The number of nitrogen functional groups attached to an aromatic ring is 1. The summed E-state index contributed by atoms with van der Waals surface area (Å²) >= 11 is 0. The van der Waals surface area contributed by atoms with E-state index in [-0.39, 0.29) is 5.75 Å². The Bertz CT molecular complexity index is 561. The van der Waals surface area contributed by atoms with Gasteiger partial charge in [-0.2, -0.15) is 0 Å². The molecule has 106 valence electrons. The van der Waals surface area contributed by atoms with Crippen molar-refractivity contribution in [1.82, 2.24) is 4.98 Å². The van der Waals surface area contributed by atoms with Crippen molar-refractivity contribution in [3.8, 4) is 5.75 Å². The summed E-state index contributed by atoms with van der Waals surface area (Å²) in [5, 5.41) is 3.16. The van der Waals surface area contributed by atoms with Crippen molar-refractivity contribution >= 4 is 11.4 Å². The molecule has 0 unspecified atom stereocenters. The summed E-state index contributed by atoms with van der Waals surface area (Å²) in [4.78, 5) is 4.04. The van der Waals surface area contributed by atoms with E-state index < -0.39 is 5.82 Å². The minimum Gasteiger partial charge on any atom is -0.490 e. The molecule has 1 heterocycles. The van der Waals surface area contributed by atoms with Crippen molar-refractivity contribution in [2.75, 3.05) is 17.7 Å². The van der Waals surface area contributed by atoms with E-state index in [1.807, 2.05) is 19.1 Å². The van der Waals surface area contributed by atoms with Crippen molar-refractivity contribution in [1.29, 1.82) is 0 Å². The summed E-state index contributed by atoms with van der Waals surface area (Å²) in [7, 11) is 0. The van der Waals surface area contributed by atoms with Gasteiger partial charge in [0.25, 0.3) is 0 Å². The summed E-state index contributed by atoms with van der Waals surface area (Å²) < 4.78 is 19.0. The Labute approximate surface area is 117 Å². The summed E-state index contributed by atoms with van der Waals surface area (Å²) in [5.41, 5.74) is 7.84. The zero-order valence-corrected chi connectivity index (χ0v) is 11.4. The Kier molecular flexibility index (Phi) is 4.76. The number of hydrogen-bond donors (Lipinski definition) is 2. The fourth-order valence-electron chi connectivity index (χ4n) is 1.74. The Morgan fingerprint density at radius 2 is 2.25 bits per heavy atom. The first-order valence-corrected chi connectivity index (χ1v) is 6.55. The largest absolute Gasteiger partial charge is 0.490 e. The van der Waals surface area contributed by atoms with Gasteiger partial charge >= 0.3 is 0 Å². The molecule has 1 aromatic carbocycles. The van der Waals surface area contributed by atoms with E-state index in [2.05, 4.69) is 10.3 Å². The average molecular weight is 275 g/mol. The van der Waals surface area contributed by atoms with Gasteiger partial charge in [0.05, 0.1) is 18.0 Å². The molecule has 0 saturated heterocycles. The normalized spacial score (nSPS) is 10.3. The minimum atomic E-state index is -0.442. The van der Waals surface area contributed by atoms with Crippen molar-refractivity contribution in [3.05, 3.63) is 48.0 Å². The molecule has 0 saturated carbocycles. The predicted octanol–water partition coefficient (Wildman–Crippen LogP) is 3.20. The highest BCUT2D eigenvalue weighted by molar-refractivity contribution is 5.68. The number of rotatable bonds is 6. The molecule has 5 heteroatoms. The number of pyridine rings is 1. The van der Waals surface area contributed by atoms with Crippen LogP contribution in [0.5, 0.6) is 5.75 Å². The Balaban J connectivity index is 2.10. The molecule has 0 bridgehead atoms. The lowest BCUT2D eigenvalue weighted by molar-refractivity contribution is 0.301. The number of aromatic nitrogens is 1. The molecule has 3 N–H and O–H groups in total. The van der Waals surface area contributed by atoms with Gasteiger partial charge in [0, 0.05) is 31.1 Å². The zero-order chi connectivity index (χ0) is 14.4. The van der Waals surface area contributed by atoms with Crippen molar-refractivity contribution in [2.24, 2.45) is 0 Å². The van der Waals surface area contributed by atoms with Crippen LogP contribution in [0.2, 0.25) is 0 Å². The zero-order valence-electron chi connectivity index (χ0n) is 11.4. The van der Waals surface area contributed by atoms with Crippen LogP contribution < -0.4 is 15.8 Å². The molecule has 1 aromatic heterocycles. The Hall–Kier alpha value is -2.30. The van der Waals surface area contributed by atoms with E-state index in [1.54, 1.807) is 18.5 Å². The number of nitrogens with two attached hydrogens (primary N) is 1. The maximum Gasteiger partial charge on any atom is 0.167 e. The van der Waals surface area contributed by atoms with Gasteiger partial charge in [-0.05, 0) is 18.1 Å². The number of benzene rings is 1. The van der Waals surface area contributed by atoms with E-state index in [0.717, 1.165) is 12.0 Å². The molecule has 20 heavy (non-hydrogen) atoms. The topological polar surface area (TPSA) is 60.2 Å². The van der Waals surface area contributed by atoms with Crippen LogP contribution in [0.15, 0.2) is 36.7 Å². The van der Waals surface area contributed by atoms with E-state index in [9.17, 15) is 4.39 Å². The van der Waals surface area contributed by atoms with Crippen molar-refractivity contribution in [2.45, 2.75) is 19.9 Å². The van der Waals surface area contributed by atoms with Crippen LogP contribution in [0.1, 0.15) is 18.9 Å². The van der Waals surface area contributed by atoms with Gasteiger partial charge in [-0.15, -0.1) is 0 Å². The van der Waals surface area contributed by atoms with Crippen LogP contribution in [0.4, 0.5) is 15.8 Å². The molecule has 0 aliphatic heterocycles. The summed E-state index contributed by atoms with van der Waals surface area (Å²) in [6.07, 6.45) is 4.30. The highest BCUT2D eigenvalue weighted by Crippen LogP contribution is 2.28. The molecule has 2 rings (SSSR count). The van der Waals surface area contributed by atoms with Gasteiger partial charge < -0.3 is 15.8 Å². The van der Waals surface area contributed by atoms with Crippen molar-refractivity contribution < 1.29 is 9.13 Å². The third-order valence-corrected chi connectivity index (χ3v) is 2.77. The van der Waals surface area contributed by atoms with Gasteiger partial charge in [-0.3, -0.25) is 4.98 Å². The summed E-state index contributed by atoms with van der Waals surface area (Å²) in [6.45, 7) is 3.01. The van der Waals surface area contributed by atoms with E-state index in [4.69, 9.17) is 10.5 Å². The highest BCUT2D eigenvalue weighted by atomic mass is 19.1. The smallest absolute Gasteiger partial charge is 0.167 e. The van der Waals surface area contributed by atoms with Crippen molar-refractivity contribution in [3.63, 3.8) is 0 Å². The Morgan fingerprint density at radius 3 is 2.95 bits per heavy atom. The second kappa shape index (κ2) is 6.75. The monoisotopic (exact) mass is 275 g/mol. The number of hydrogen-bond acceptors (Lipinski definition) is 4. The van der Waals surface area contributed by atoms with E-state index in [0.29, 0.717) is 24.5 Å². The summed E-state index contributed by atoms with van der Waals surface area (Å²) in [6, 6.07) is 6.68. The molecule has 0 radical (unpaired) electrons. The van der Waals surface area contributed by atoms with Gasteiger partial charge in [-0.25, -0.2) is 4.39 Å². The first-order valence-electron chi connectivity index (χ1n) is 6.55. The lowest BCUT2D eigenvalue weighted by Crippen LogP contribution is -2.05. The molecule has 0 amide bonds. The van der Waals surface area contributed by atoms with Crippen LogP contribution in [-0.4, -0.2) is 11.6 Å². The van der Waals surface area contributed by atoms with Crippen LogP contribution in [0, 0.1) is 5.82 Å². The number of anilines is 2. The molecule has 0 aliphatic carbocycles.